The van der Waals surface area contributed by atoms with Crippen molar-refractivity contribution < 1.29 is 14.3 Å². The van der Waals surface area contributed by atoms with E-state index in [2.05, 4.69) is 9.97 Å². The number of aromatic amines is 1. The molecule has 3 aromatic carbocycles. The Balaban J connectivity index is 1.23. The van der Waals surface area contributed by atoms with Gasteiger partial charge in [0, 0.05) is 42.7 Å². The lowest BCUT2D eigenvalue weighted by molar-refractivity contribution is 0.0536. The summed E-state index contributed by atoms with van der Waals surface area (Å²) in [6.45, 7) is 1.87. The molecule has 1 aliphatic rings. The Hall–Kier alpha value is -4.72. The molecular formula is C29H25N5O3. The summed E-state index contributed by atoms with van der Waals surface area (Å²) in [6.07, 6.45) is 1.62. The summed E-state index contributed by atoms with van der Waals surface area (Å²) in [4.78, 5) is 42.5. The van der Waals surface area contributed by atoms with E-state index >= 15 is 0 Å². The van der Waals surface area contributed by atoms with Gasteiger partial charge in [0.25, 0.3) is 11.8 Å². The lowest BCUT2D eigenvalue weighted by Crippen LogP contribution is -2.50. The Morgan fingerprint density at radius 3 is 2.32 bits per heavy atom. The molecule has 5 aromatic rings. The SMILES string of the molecule is COc1ccc(-c2cc(C(=O)N3CCN(C(=O)c4ccc5nc[nH]c5c4)CC3)c3ccccc3n2)cc1. The van der Waals surface area contributed by atoms with Gasteiger partial charge in [0.1, 0.15) is 5.75 Å². The number of nitrogens with one attached hydrogen (secondary N) is 1. The van der Waals surface area contributed by atoms with Crippen molar-refractivity contribution in [1.82, 2.24) is 24.8 Å². The van der Waals surface area contributed by atoms with Crippen molar-refractivity contribution in [2.24, 2.45) is 0 Å². The number of hydrogen-bond donors (Lipinski definition) is 1. The minimum atomic E-state index is -0.0562. The molecular weight excluding hydrogens is 466 g/mol. The van der Waals surface area contributed by atoms with Crippen molar-refractivity contribution in [2.45, 2.75) is 0 Å². The third-order valence-electron chi connectivity index (χ3n) is 6.85. The minimum absolute atomic E-state index is 0.0419. The lowest BCUT2D eigenvalue weighted by atomic mass is 10.0. The fourth-order valence-corrected chi connectivity index (χ4v) is 4.80. The third-order valence-corrected chi connectivity index (χ3v) is 6.85. The Morgan fingerprint density at radius 2 is 1.57 bits per heavy atom. The molecule has 0 aliphatic carbocycles. The first-order chi connectivity index (χ1) is 18.1. The number of aromatic nitrogens is 3. The van der Waals surface area contributed by atoms with Gasteiger partial charge in [0.15, 0.2) is 0 Å². The molecule has 37 heavy (non-hydrogen) atoms. The summed E-state index contributed by atoms with van der Waals surface area (Å²) >= 11 is 0. The number of fused-ring (bicyclic) bond motifs is 2. The number of amides is 2. The van der Waals surface area contributed by atoms with Crippen molar-refractivity contribution in [3.63, 3.8) is 0 Å². The van der Waals surface area contributed by atoms with Crippen LogP contribution >= 0.6 is 0 Å². The second-order valence-electron chi connectivity index (χ2n) is 9.02. The summed E-state index contributed by atoms with van der Waals surface area (Å²) in [7, 11) is 1.63. The van der Waals surface area contributed by atoms with Crippen LogP contribution in [0.15, 0.2) is 79.1 Å². The molecule has 6 rings (SSSR count). The third kappa shape index (κ3) is 4.27. The highest BCUT2D eigenvalue weighted by atomic mass is 16.5. The van der Waals surface area contributed by atoms with Crippen LogP contribution in [-0.2, 0) is 0 Å². The van der Waals surface area contributed by atoms with Crippen molar-refractivity contribution in [1.29, 1.82) is 0 Å². The van der Waals surface area contributed by atoms with E-state index in [-0.39, 0.29) is 11.8 Å². The topological polar surface area (TPSA) is 91.4 Å². The predicted octanol–water partition coefficient (Wildman–Crippen LogP) is 4.38. The average Bonchev–Trinajstić information content (AvgIpc) is 3.44. The van der Waals surface area contributed by atoms with Gasteiger partial charge < -0.3 is 19.5 Å². The van der Waals surface area contributed by atoms with E-state index in [4.69, 9.17) is 9.72 Å². The molecule has 0 radical (unpaired) electrons. The van der Waals surface area contributed by atoms with Crippen LogP contribution in [0.5, 0.6) is 5.75 Å². The molecule has 0 bridgehead atoms. The molecule has 184 valence electrons. The highest BCUT2D eigenvalue weighted by molar-refractivity contribution is 6.07. The Bertz CT molecular complexity index is 1620. The van der Waals surface area contributed by atoms with Crippen LogP contribution in [0.3, 0.4) is 0 Å². The molecule has 8 heteroatoms. The van der Waals surface area contributed by atoms with Gasteiger partial charge in [-0.05, 0) is 54.6 Å². The average molecular weight is 492 g/mol. The number of ether oxygens (including phenoxy) is 1. The Morgan fingerprint density at radius 1 is 0.838 bits per heavy atom. The Labute approximate surface area is 213 Å². The fourth-order valence-electron chi connectivity index (χ4n) is 4.80. The number of carbonyl (C=O) groups is 2. The number of carbonyl (C=O) groups excluding carboxylic acids is 2. The van der Waals surface area contributed by atoms with Crippen molar-refractivity contribution in [2.75, 3.05) is 33.3 Å². The van der Waals surface area contributed by atoms with E-state index < -0.39 is 0 Å². The first kappa shape index (κ1) is 22.7. The monoisotopic (exact) mass is 491 g/mol. The number of para-hydroxylation sites is 1. The molecule has 2 amide bonds. The maximum atomic E-state index is 13.7. The highest BCUT2D eigenvalue weighted by Gasteiger charge is 2.27. The molecule has 8 nitrogen and oxygen atoms in total. The van der Waals surface area contributed by atoms with Gasteiger partial charge in [-0.2, -0.15) is 0 Å². The van der Waals surface area contributed by atoms with E-state index in [1.165, 1.54) is 0 Å². The van der Waals surface area contributed by atoms with E-state index in [0.717, 1.165) is 38.9 Å². The lowest BCUT2D eigenvalue weighted by Gasteiger charge is -2.35. The number of rotatable bonds is 4. The van der Waals surface area contributed by atoms with Gasteiger partial charge in [-0.15, -0.1) is 0 Å². The number of nitrogens with zero attached hydrogens (tertiary/aromatic N) is 4. The van der Waals surface area contributed by atoms with Crippen LogP contribution in [0.4, 0.5) is 0 Å². The van der Waals surface area contributed by atoms with E-state index in [1.807, 2.05) is 71.6 Å². The molecule has 0 saturated carbocycles. The van der Waals surface area contributed by atoms with Crippen molar-refractivity contribution >= 4 is 33.8 Å². The number of H-pyrrole nitrogens is 1. The molecule has 0 spiro atoms. The van der Waals surface area contributed by atoms with Crippen LogP contribution in [0, 0.1) is 0 Å². The summed E-state index contributed by atoms with van der Waals surface area (Å²) < 4.78 is 5.27. The van der Waals surface area contributed by atoms with Gasteiger partial charge in [-0.1, -0.05) is 18.2 Å². The van der Waals surface area contributed by atoms with Gasteiger partial charge in [-0.3, -0.25) is 9.59 Å². The summed E-state index contributed by atoms with van der Waals surface area (Å²) in [5.74, 6) is 0.664. The second-order valence-corrected chi connectivity index (χ2v) is 9.02. The summed E-state index contributed by atoms with van der Waals surface area (Å²) in [5.41, 5.74) is 5.28. The standard InChI is InChI=1S/C29H25N5O3/c1-37-21-9-6-19(7-10-21)26-17-23(22-4-2-3-5-24(22)32-26)29(36)34-14-12-33(13-15-34)28(35)20-8-11-25-27(16-20)31-18-30-25/h2-11,16-18H,12-15H2,1H3,(H,30,31). The zero-order chi connectivity index (χ0) is 25.4. The van der Waals surface area contributed by atoms with Gasteiger partial charge in [-0.25, -0.2) is 9.97 Å². The second kappa shape index (κ2) is 9.39. The number of pyridine rings is 1. The first-order valence-corrected chi connectivity index (χ1v) is 12.2. The maximum absolute atomic E-state index is 13.7. The molecule has 1 aliphatic heterocycles. The van der Waals surface area contributed by atoms with Crippen LogP contribution in [0.25, 0.3) is 33.2 Å². The largest absolute Gasteiger partial charge is 0.497 e. The van der Waals surface area contributed by atoms with Gasteiger partial charge in [0.05, 0.1) is 41.2 Å². The fraction of sp³-hybridized carbons (Fsp3) is 0.172. The first-order valence-electron chi connectivity index (χ1n) is 12.2. The Kier molecular flexibility index (Phi) is 5.76. The van der Waals surface area contributed by atoms with Crippen LogP contribution < -0.4 is 4.74 Å². The van der Waals surface area contributed by atoms with Gasteiger partial charge >= 0.3 is 0 Å². The molecule has 1 saturated heterocycles. The van der Waals surface area contributed by atoms with E-state index in [9.17, 15) is 9.59 Å². The van der Waals surface area contributed by atoms with E-state index in [1.54, 1.807) is 24.4 Å². The maximum Gasteiger partial charge on any atom is 0.254 e. The molecule has 1 N–H and O–H groups in total. The van der Waals surface area contributed by atoms with Crippen molar-refractivity contribution in [3.05, 3.63) is 90.3 Å². The quantitative estimate of drug-likeness (QED) is 0.403. The predicted molar refractivity (Wildman–Crippen MR) is 142 cm³/mol. The normalized spacial score (nSPS) is 13.8. The highest BCUT2D eigenvalue weighted by Crippen LogP contribution is 2.27. The number of piperazine rings is 1. The smallest absolute Gasteiger partial charge is 0.254 e. The van der Waals surface area contributed by atoms with Crippen LogP contribution in [0.2, 0.25) is 0 Å². The molecule has 0 unspecified atom stereocenters. The molecule has 1 fully saturated rings. The van der Waals surface area contributed by atoms with Crippen LogP contribution in [-0.4, -0.2) is 69.9 Å². The zero-order valence-electron chi connectivity index (χ0n) is 20.3. The number of imidazole rings is 1. The number of methoxy groups -OCH3 is 1. The van der Waals surface area contributed by atoms with Crippen LogP contribution in [0.1, 0.15) is 20.7 Å². The number of benzene rings is 3. The minimum Gasteiger partial charge on any atom is -0.497 e. The summed E-state index contributed by atoms with van der Waals surface area (Å²) in [6, 6.07) is 22.7. The van der Waals surface area contributed by atoms with E-state index in [0.29, 0.717) is 37.3 Å². The van der Waals surface area contributed by atoms with Crippen molar-refractivity contribution in [3.8, 4) is 17.0 Å². The molecule has 0 atom stereocenters. The number of hydrogen-bond acceptors (Lipinski definition) is 5. The van der Waals surface area contributed by atoms with Gasteiger partial charge in [0.2, 0.25) is 0 Å². The zero-order valence-corrected chi connectivity index (χ0v) is 20.3. The summed E-state index contributed by atoms with van der Waals surface area (Å²) in [5, 5.41) is 0.816. The molecule has 3 heterocycles. The molecule has 2 aromatic heterocycles.